The molecule has 0 bridgehead atoms. The van der Waals surface area contributed by atoms with Gasteiger partial charge in [-0.2, -0.15) is 19.9 Å². The second-order valence-electron chi connectivity index (χ2n) is 16.1. The number of carbonyl (C=O) groups excluding carboxylic acids is 2. The zero-order valence-electron chi connectivity index (χ0n) is 35.9. The van der Waals surface area contributed by atoms with Crippen molar-refractivity contribution in [2.75, 3.05) is 24.7 Å². The Bertz CT molecular complexity index is 2260. The zero-order valence-corrected chi connectivity index (χ0v) is 35.9. The highest BCUT2D eigenvalue weighted by Crippen LogP contribution is 2.29. The number of aromatic nitrogens is 6. The molecule has 13 nitrogen and oxygen atoms in total. The molecule has 2 aliphatic heterocycles. The third kappa shape index (κ3) is 11.1. The van der Waals surface area contributed by atoms with Crippen molar-refractivity contribution in [3.8, 4) is 5.75 Å². The summed E-state index contributed by atoms with van der Waals surface area (Å²) in [6.45, 7) is 14.1. The Morgan fingerprint density at radius 3 is 1.23 bits per heavy atom. The van der Waals surface area contributed by atoms with Crippen LogP contribution in [0.3, 0.4) is 0 Å². The number of hydrogen-bond donors (Lipinski definition) is 3. The van der Waals surface area contributed by atoms with Gasteiger partial charge in [0.2, 0.25) is 23.7 Å². The van der Waals surface area contributed by atoms with Gasteiger partial charge >= 0.3 is 0 Å². The van der Waals surface area contributed by atoms with E-state index in [1.165, 1.54) is 16.7 Å². The maximum Gasteiger partial charge on any atom is 0.230 e. The molecule has 2 atom stereocenters. The first kappa shape index (κ1) is 42.8. The number of allylic oxidation sites excluding steroid dienone is 2. The van der Waals surface area contributed by atoms with E-state index < -0.39 is 0 Å². The number of anilines is 4. The van der Waals surface area contributed by atoms with Crippen LogP contribution >= 0.6 is 0 Å². The molecule has 4 heterocycles. The summed E-state index contributed by atoms with van der Waals surface area (Å²) >= 11 is 0. The van der Waals surface area contributed by atoms with Crippen molar-refractivity contribution in [3.63, 3.8) is 0 Å². The lowest BCUT2D eigenvalue weighted by molar-refractivity contribution is -0.129. The summed E-state index contributed by atoms with van der Waals surface area (Å²) in [7, 11) is 3.52. The summed E-state index contributed by atoms with van der Waals surface area (Å²) < 4.78 is 0. The first-order valence-electron chi connectivity index (χ1n) is 20.6. The molecule has 2 fully saturated rings. The van der Waals surface area contributed by atoms with Crippen LogP contribution in [-0.4, -0.2) is 70.7 Å². The monoisotopic (exact) mass is 828 g/mol. The molecule has 2 saturated heterocycles. The number of nitrogens with zero attached hydrogens (tertiary/aromatic N) is 8. The third-order valence-electron chi connectivity index (χ3n) is 11.0. The Morgan fingerprint density at radius 1 is 0.532 bits per heavy atom. The maximum absolute atomic E-state index is 12.5. The fourth-order valence-corrected chi connectivity index (χ4v) is 7.24. The maximum atomic E-state index is 12.5. The van der Waals surface area contributed by atoms with E-state index in [-0.39, 0.29) is 29.4 Å². The molecule has 3 N–H and O–H groups in total. The molecule has 4 aromatic carbocycles. The van der Waals surface area contributed by atoms with Gasteiger partial charge in [-0.3, -0.25) is 9.59 Å². The number of likely N-dealkylation sites (tertiary alicyclic amines) is 2. The number of aromatic hydroxyl groups is 1. The predicted octanol–water partition coefficient (Wildman–Crippen LogP) is 8.11. The number of benzene rings is 4. The van der Waals surface area contributed by atoms with E-state index in [1.807, 2.05) is 74.5 Å². The molecule has 13 heteroatoms. The molecule has 0 saturated carbocycles. The molecule has 2 unspecified atom stereocenters. The first-order chi connectivity index (χ1) is 29.7. The Labute approximate surface area is 362 Å². The Hall–Kier alpha value is -7.28. The normalized spacial score (nSPS) is 16.1. The van der Waals surface area contributed by atoms with E-state index in [0.717, 1.165) is 33.9 Å². The highest BCUT2D eigenvalue weighted by molar-refractivity contribution is 5.84. The molecular weight excluding hydrogens is 777 g/mol. The second-order valence-corrected chi connectivity index (χ2v) is 16.1. The van der Waals surface area contributed by atoms with Gasteiger partial charge in [-0.05, 0) is 81.1 Å². The molecule has 6 aromatic rings. The standard InChI is InChI=1S/C25H27N5O.C24H25N5O2/c1-16-5-9-19(10-6-16)14-22-27-23(15-20-13-18(3)30(4)24(20)31)29-25(28-22)26-21-11-7-17(2)8-12-21;1-15-4-8-19(9-5-15)25-24-27-21(13-17-6-10-20(30)11-7-17)26-22(28-24)14-18-12-16(2)29(3)23(18)31/h5-12,20H,3,13-15H2,1-2,4H3,(H,26,27,28,29);4-11,18,30H,2,12-14H2,1,3H3,(H,25,26,27,28). The number of rotatable bonds is 12. The topological polar surface area (TPSA) is 162 Å². The van der Waals surface area contributed by atoms with Crippen LogP contribution in [0.1, 0.15) is 64.0 Å². The Kier molecular flexibility index (Phi) is 13.1. The van der Waals surface area contributed by atoms with Crippen LogP contribution in [-0.2, 0) is 35.3 Å². The number of hydrogen-bond acceptors (Lipinski definition) is 11. The van der Waals surface area contributed by atoms with Gasteiger partial charge < -0.3 is 25.5 Å². The fraction of sp³-hybridized carbons (Fsp3) is 0.265. The van der Waals surface area contributed by atoms with Crippen molar-refractivity contribution in [1.29, 1.82) is 0 Å². The molecule has 0 aliphatic carbocycles. The number of nitrogens with one attached hydrogen (secondary N) is 2. The van der Waals surface area contributed by atoms with Crippen molar-refractivity contribution in [2.24, 2.45) is 11.8 Å². The van der Waals surface area contributed by atoms with Gasteiger partial charge in [0.25, 0.3) is 0 Å². The van der Waals surface area contributed by atoms with Gasteiger partial charge in [0.15, 0.2) is 0 Å². The molecule has 0 spiro atoms. The van der Waals surface area contributed by atoms with Crippen molar-refractivity contribution >= 4 is 35.1 Å². The summed E-state index contributed by atoms with van der Waals surface area (Å²) in [5.74, 6) is 3.34. The average molecular weight is 829 g/mol. The summed E-state index contributed by atoms with van der Waals surface area (Å²) in [5, 5.41) is 16.1. The molecule has 8 rings (SSSR count). The molecule has 316 valence electrons. The number of aryl methyl sites for hydroxylation is 3. The minimum atomic E-state index is -0.214. The number of phenols is 1. The Balaban J connectivity index is 0.000000186. The fourth-order valence-electron chi connectivity index (χ4n) is 7.24. The Morgan fingerprint density at radius 2 is 0.871 bits per heavy atom. The zero-order chi connectivity index (χ0) is 43.9. The number of carbonyl (C=O) groups is 2. The van der Waals surface area contributed by atoms with Gasteiger partial charge in [-0.15, -0.1) is 0 Å². The van der Waals surface area contributed by atoms with Crippen LogP contribution in [0.25, 0.3) is 0 Å². The molecule has 0 radical (unpaired) electrons. The number of amides is 2. The van der Waals surface area contributed by atoms with Crippen LogP contribution in [0.2, 0.25) is 0 Å². The highest BCUT2D eigenvalue weighted by atomic mass is 16.3. The predicted molar refractivity (Wildman–Crippen MR) is 241 cm³/mol. The van der Waals surface area contributed by atoms with Crippen LogP contribution in [0.4, 0.5) is 23.3 Å². The second kappa shape index (κ2) is 19.0. The van der Waals surface area contributed by atoms with Gasteiger partial charge in [-0.1, -0.05) is 90.5 Å². The highest BCUT2D eigenvalue weighted by Gasteiger charge is 2.34. The van der Waals surface area contributed by atoms with Crippen molar-refractivity contribution in [1.82, 2.24) is 39.7 Å². The quantitative estimate of drug-likeness (QED) is 0.109. The molecule has 2 aliphatic rings. The van der Waals surface area contributed by atoms with Gasteiger partial charge in [0.05, 0.1) is 11.8 Å². The average Bonchev–Trinajstić information content (AvgIpc) is 3.63. The molecule has 2 aromatic heterocycles. The lowest BCUT2D eigenvalue weighted by atomic mass is 10.0. The molecule has 62 heavy (non-hydrogen) atoms. The minimum Gasteiger partial charge on any atom is -0.508 e. The molecule has 2 amide bonds. The smallest absolute Gasteiger partial charge is 0.230 e. The SMILES string of the molecule is C=C1CC(Cc2nc(Cc3ccc(C)cc3)nc(Nc3ccc(C)cc3)n2)C(=O)N1C.C=C1CC(Cc2nc(Cc3ccc(O)cc3)nc(Nc3ccc(C)cc3)n2)C(=O)N1C. The van der Waals surface area contributed by atoms with Crippen LogP contribution < -0.4 is 10.6 Å². The minimum absolute atomic E-state index is 0.0403. The van der Waals surface area contributed by atoms with Gasteiger partial charge in [-0.25, -0.2) is 9.97 Å². The van der Waals surface area contributed by atoms with E-state index in [2.05, 4.69) is 79.9 Å². The first-order valence-corrected chi connectivity index (χ1v) is 20.6. The summed E-state index contributed by atoms with van der Waals surface area (Å²) in [5.41, 5.74) is 9.11. The van der Waals surface area contributed by atoms with Crippen molar-refractivity contribution in [2.45, 2.75) is 59.3 Å². The molecular formula is C49H52N10O3. The largest absolute Gasteiger partial charge is 0.508 e. The van der Waals surface area contributed by atoms with E-state index in [9.17, 15) is 14.7 Å². The lowest BCUT2D eigenvalue weighted by Crippen LogP contribution is -2.23. The van der Waals surface area contributed by atoms with Gasteiger partial charge in [0, 0.05) is 62.5 Å². The number of phenolic OH excluding ortho intramolecular Hbond substituents is 1. The summed E-state index contributed by atoms with van der Waals surface area (Å²) in [4.78, 5) is 56.0. The van der Waals surface area contributed by atoms with E-state index in [0.29, 0.717) is 73.7 Å². The van der Waals surface area contributed by atoms with Crippen LogP contribution in [0.15, 0.2) is 122 Å². The third-order valence-corrected chi connectivity index (χ3v) is 11.0. The van der Waals surface area contributed by atoms with Gasteiger partial charge in [0.1, 0.15) is 29.0 Å². The van der Waals surface area contributed by atoms with E-state index >= 15 is 0 Å². The summed E-state index contributed by atoms with van der Waals surface area (Å²) in [6.07, 6.45) is 3.22. The lowest BCUT2D eigenvalue weighted by Gasteiger charge is -2.12. The van der Waals surface area contributed by atoms with E-state index in [4.69, 9.17) is 4.98 Å². The van der Waals surface area contributed by atoms with Crippen LogP contribution in [0.5, 0.6) is 5.75 Å². The van der Waals surface area contributed by atoms with Crippen molar-refractivity contribution < 1.29 is 14.7 Å². The van der Waals surface area contributed by atoms with Crippen molar-refractivity contribution in [3.05, 3.63) is 173 Å². The van der Waals surface area contributed by atoms with Crippen LogP contribution in [0, 0.1) is 32.6 Å². The summed E-state index contributed by atoms with van der Waals surface area (Å²) in [6, 6.07) is 31.3. The van der Waals surface area contributed by atoms with E-state index in [1.54, 1.807) is 36.0 Å².